The molecule has 6 nitrogen and oxygen atoms in total. The van der Waals surface area contributed by atoms with Crippen molar-refractivity contribution in [3.63, 3.8) is 0 Å². The van der Waals surface area contributed by atoms with Crippen molar-refractivity contribution in [3.8, 4) is 6.01 Å². The van der Waals surface area contributed by atoms with Gasteiger partial charge in [0.2, 0.25) is 0 Å². The Morgan fingerprint density at radius 2 is 2.15 bits per heavy atom. The Hall–Kier alpha value is -1.05. The van der Waals surface area contributed by atoms with Crippen molar-refractivity contribution in [1.29, 1.82) is 0 Å². The third-order valence-corrected chi connectivity index (χ3v) is 4.18. The smallest absolute Gasteiger partial charge is 0.300 e. The number of ether oxygens (including phenoxy) is 2. The Labute approximate surface area is 123 Å². The minimum atomic E-state index is -0.906. The second kappa shape index (κ2) is 4.22. The lowest BCUT2D eigenvalue weighted by Crippen LogP contribution is -2.34. The van der Waals surface area contributed by atoms with E-state index in [0.717, 1.165) is 0 Å². The van der Waals surface area contributed by atoms with Gasteiger partial charge < -0.3 is 19.7 Å². The molecule has 3 heterocycles. The number of hydrogen-bond acceptors (Lipinski definition) is 5. The van der Waals surface area contributed by atoms with E-state index < -0.39 is 24.5 Å². The number of fused-ring (bicyclic) bond motifs is 5. The zero-order chi connectivity index (χ0) is 14.0. The fourth-order valence-corrected chi connectivity index (χ4v) is 3.28. The number of halogens is 2. The summed E-state index contributed by atoms with van der Waals surface area (Å²) in [5, 5.41) is 20.1. The van der Waals surface area contributed by atoms with Crippen LogP contribution in [0.2, 0.25) is 10.0 Å². The highest BCUT2D eigenvalue weighted by Gasteiger charge is 2.51. The molecule has 1 aromatic heterocycles. The van der Waals surface area contributed by atoms with Gasteiger partial charge in [0.1, 0.15) is 17.7 Å². The van der Waals surface area contributed by atoms with Crippen LogP contribution >= 0.6 is 23.2 Å². The Morgan fingerprint density at radius 3 is 2.90 bits per heavy atom. The van der Waals surface area contributed by atoms with Crippen LogP contribution in [-0.2, 0) is 4.74 Å². The lowest BCUT2D eigenvalue weighted by atomic mass is 10.1. The summed E-state index contributed by atoms with van der Waals surface area (Å²) in [6, 6.07) is 3.65. The molecular formula is C12H10Cl2N2O4. The average molecular weight is 317 g/mol. The number of aromatic nitrogens is 2. The van der Waals surface area contributed by atoms with Crippen molar-refractivity contribution in [2.75, 3.05) is 6.61 Å². The Balaban J connectivity index is 1.88. The maximum atomic E-state index is 10.0. The molecule has 2 N–H and O–H groups in total. The van der Waals surface area contributed by atoms with Gasteiger partial charge in [-0.2, -0.15) is 4.98 Å². The third-order valence-electron chi connectivity index (χ3n) is 3.67. The number of hydrogen-bond donors (Lipinski definition) is 2. The van der Waals surface area contributed by atoms with Crippen molar-refractivity contribution in [3.05, 3.63) is 22.2 Å². The van der Waals surface area contributed by atoms with Crippen LogP contribution in [0.4, 0.5) is 0 Å². The first-order valence-electron chi connectivity index (χ1n) is 6.08. The highest BCUT2D eigenvalue weighted by molar-refractivity contribution is 6.38. The van der Waals surface area contributed by atoms with Crippen LogP contribution in [0.5, 0.6) is 6.01 Å². The van der Waals surface area contributed by atoms with Gasteiger partial charge in [-0.3, -0.25) is 4.57 Å². The minimum absolute atomic E-state index is 0.277. The maximum Gasteiger partial charge on any atom is 0.300 e. The molecule has 0 bridgehead atoms. The maximum absolute atomic E-state index is 10.0. The van der Waals surface area contributed by atoms with Gasteiger partial charge >= 0.3 is 0 Å². The van der Waals surface area contributed by atoms with Crippen molar-refractivity contribution in [1.82, 2.24) is 9.55 Å². The molecule has 8 heteroatoms. The second-order valence-electron chi connectivity index (χ2n) is 4.84. The van der Waals surface area contributed by atoms with E-state index in [0.29, 0.717) is 27.1 Å². The normalized spacial score (nSPS) is 31.4. The zero-order valence-corrected chi connectivity index (χ0v) is 11.5. The van der Waals surface area contributed by atoms with Gasteiger partial charge in [-0.25, -0.2) is 0 Å². The Kier molecular flexibility index (Phi) is 2.68. The van der Waals surface area contributed by atoms with Crippen molar-refractivity contribution >= 4 is 34.2 Å². The lowest BCUT2D eigenvalue weighted by molar-refractivity contribution is -0.0418. The quantitative estimate of drug-likeness (QED) is 0.830. The number of nitrogens with zero attached hydrogens (tertiary/aromatic N) is 2. The topological polar surface area (TPSA) is 76.7 Å². The molecule has 0 spiro atoms. The first kappa shape index (κ1) is 12.7. The van der Waals surface area contributed by atoms with Crippen LogP contribution in [0.15, 0.2) is 12.1 Å². The van der Waals surface area contributed by atoms with Crippen LogP contribution in [0, 0.1) is 0 Å². The second-order valence-corrected chi connectivity index (χ2v) is 5.68. The summed E-state index contributed by atoms with van der Waals surface area (Å²) in [6.07, 6.45) is -2.71. The van der Waals surface area contributed by atoms with E-state index >= 15 is 0 Å². The van der Waals surface area contributed by atoms with E-state index in [9.17, 15) is 10.2 Å². The van der Waals surface area contributed by atoms with E-state index in [4.69, 9.17) is 32.7 Å². The Bertz CT molecular complexity index is 704. The molecule has 1 aromatic carbocycles. The molecule has 0 unspecified atom stereocenters. The van der Waals surface area contributed by atoms with Gasteiger partial charge in [0, 0.05) is 5.02 Å². The SMILES string of the molecule is OC[C@H]1O[C@H]2[C@H](Oc3nc4c(Cl)cc(Cl)cc4n32)[C@@H]1O. The average Bonchev–Trinajstić information content (AvgIpc) is 3.00. The number of imidazole rings is 1. The summed E-state index contributed by atoms with van der Waals surface area (Å²) in [6.45, 7) is -0.277. The molecule has 20 heavy (non-hydrogen) atoms. The fourth-order valence-electron chi connectivity index (χ4n) is 2.75. The third kappa shape index (κ3) is 1.54. The van der Waals surface area contributed by atoms with Gasteiger partial charge in [0.05, 0.1) is 17.1 Å². The molecule has 2 aliphatic heterocycles. The van der Waals surface area contributed by atoms with Gasteiger partial charge in [-0.15, -0.1) is 0 Å². The van der Waals surface area contributed by atoms with Crippen molar-refractivity contribution < 1.29 is 19.7 Å². The molecule has 0 aliphatic carbocycles. The van der Waals surface area contributed by atoms with Gasteiger partial charge in [-0.1, -0.05) is 23.2 Å². The highest BCUT2D eigenvalue weighted by Crippen LogP contribution is 2.44. The molecule has 0 radical (unpaired) electrons. The van der Waals surface area contributed by atoms with Crippen LogP contribution in [-0.4, -0.2) is 44.7 Å². The van der Waals surface area contributed by atoms with Crippen molar-refractivity contribution in [2.24, 2.45) is 0 Å². The van der Waals surface area contributed by atoms with E-state index in [1.54, 1.807) is 16.7 Å². The first-order chi connectivity index (χ1) is 9.60. The van der Waals surface area contributed by atoms with Gasteiger partial charge in [0.15, 0.2) is 12.3 Å². The highest BCUT2D eigenvalue weighted by atomic mass is 35.5. The number of aliphatic hydroxyl groups excluding tert-OH is 2. The molecule has 0 amide bonds. The van der Waals surface area contributed by atoms with E-state index in [2.05, 4.69) is 4.98 Å². The van der Waals surface area contributed by atoms with Gasteiger partial charge in [0.25, 0.3) is 6.01 Å². The molecule has 4 rings (SSSR count). The molecule has 2 aromatic rings. The minimum Gasteiger partial charge on any atom is -0.454 e. The molecule has 1 saturated heterocycles. The summed E-state index contributed by atoms with van der Waals surface area (Å²) in [5.41, 5.74) is 1.24. The summed E-state index contributed by atoms with van der Waals surface area (Å²) in [7, 11) is 0. The van der Waals surface area contributed by atoms with E-state index in [-0.39, 0.29) is 6.61 Å². The molecule has 2 aliphatic rings. The molecule has 106 valence electrons. The molecular weight excluding hydrogens is 307 g/mol. The summed E-state index contributed by atoms with van der Waals surface area (Å²) in [5.74, 6) is 0. The van der Waals surface area contributed by atoms with Gasteiger partial charge in [-0.05, 0) is 12.1 Å². The first-order valence-corrected chi connectivity index (χ1v) is 6.84. The molecule has 4 atom stereocenters. The number of aliphatic hydroxyl groups is 2. The summed E-state index contributed by atoms with van der Waals surface area (Å²) < 4.78 is 13.0. The van der Waals surface area contributed by atoms with E-state index in [1.807, 2.05) is 0 Å². The largest absolute Gasteiger partial charge is 0.454 e. The zero-order valence-electron chi connectivity index (χ0n) is 10.0. The predicted octanol–water partition coefficient (Wildman–Crippen LogP) is 1.35. The van der Waals surface area contributed by atoms with Crippen LogP contribution in [0.3, 0.4) is 0 Å². The van der Waals surface area contributed by atoms with Crippen LogP contribution in [0.1, 0.15) is 6.23 Å². The van der Waals surface area contributed by atoms with Crippen LogP contribution in [0.25, 0.3) is 11.0 Å². The van der Waals surface area contributed by atoms with Crippen LogP contribution < -0.4 is 4.74 Å². The van der Waals surface area contributed by atoms with E-state index in [1.165, 1.54) is 0 Å². The van der Waals surface area contributed by atoms with Crippen molar-refractivity contribution in [2.45, 2.75) is 24.5 Å². The predicted molar refractivity (Wildman–Crippen MR) is 71.2 cm³/mol. The molecule has 1 fully saturated rings. The monoisotopic (exact) mass is 316 g/mol. The summed E-state index contributed by atoms with van der Waals surface area (Å²) in [4.78, 5) is 4.30. The molecule has 0 saturated carbocycles. The summed E-state index contributed by atoms with van der Waals surface area (Å²) >= 11 is 12.1. The fraction of sp³-hybridized carbons (Fsp3) is 0.417. The number of rotatable bonds is 1. The number of benzene rings is 1. The Morgan fingerprint density at radius 1 is 1.35 bits per heavy atom. The standard InChI is InChI=1S/C12H10Cl2N2O4/c13-4-1-5(14)8-6(2-4)16-11-10(20-12(16)15-8)9(18)7(3-17)19-11/h1-2,7,9-11,17-18H,3H2/t7-,9-,10-,11+/m1/s1. The lowest BCUT2D eigenvalue weighted by Gasteiger charge is -2.13.